The van der Waals surface area contributed by atoms with Crippen LogP contribution in [-0.4, -0.2) is 38.7 Å². The van der Waals surface area contributed by atoms with E-state index in [0.717, 1.165) is 42.5 Å². The number of fused-ring (bicyclic) bond motifs is 2. The van der Waals surface area contributed by atoms with Gasteiger partial charge < -0.3 is 14.2 Å². The van der Waals surface area contributed by atoms with E-state index < -0.39 is 11.2 Å². The van der Waals surface area contributed by atoms with Gasteiger partial charge in [-0.2, -0.15) is 0 Å². The van der Waals surface area contributed by atoms with Crippen molar-refractivity contribution >= 4 is 22.8 Å². The van der Waals surface area contributed by atoms with Crippen LogP contribution in [0, 0.1) is 12.8 Å². The van der Waals surface area contributed by atoms with Gasteiger partial charge in [-0.25, -0.2) is 9.78 Å². The third kappa shape index (κ3) is 4.83. The molecule has 1 aliphatic heterocycles. The number of nitrogens with one attached hydrogen (secondary N) is 1. The maximum absolute atomic E-state index is 13.5. The summed E-state index contributed by atoms with van der Waals surface area (Å²) in [7, 11) is 1.63. The monoisotopic (exact) mass is 495 g/mol. The molecule has 0 spiro atoms. The molecule has 2 aromatic heterocycles. The van der Waals surface area contributed by atoms with Gasteiger partial charge in [-0.05, 0) is 49.3 Å². The minimum atomic E-state index is -0.440. The van der Waals surface area contributed by atoms with Gasteiger partial charge in [0.2, 0.25) is 5.91 Å². The van der Waals surface area contributed by atoms with Crippen LogP contribution in [0.1, 0.15) is 63.4 Å². The number of benzene rings is 1. The molecule has 36 heavy (non-hydrogen) atoms. The van der Waals surface area contributed by atoms with Crippen molar-refractivity contribution in [1.82, 2.24) is 19.1 Å². The first-order valence-corrected chi connectivity index (χ1v) is 13.0. The lowest BCUT2D eigenvalue weighted by atomic mass is 9.96. The largest absolute Gasteiger partial charge is 0.495 e. The van der Waals surface area contributed by atoms with Gasteiger partial charge >= 0.3 is 5.69 Å². The first-order chi connectivity index (χ1) is 17.3. The molecule has 9 nitrogen and oxygen atoms in total. The van der Waals surface area contributed by atoms with Crippen LogP contribution < -0.4 is 20.9 Å². The second-order valence-electron chi connectivity index (χ2n) is 10.0. The molecule has 3 aromatic rings. The number of rotatable bonds is 9. The number of H-pyrrole nitrogens is 1. The zero-order valence-corrected chi connectivity index (χ0v) is 22.0. The molecule has 0 fully saturated rings. The molecule has 1 aromatic carbocycles. The van der Waals surface area contributed by atoms with Gasteiger partial charge in [0.15, 0.2) is 11.2 Å². The normalized spacial score (nSPS) is 13.4. The highest BCUT2D eigenvalue weighted by Crippen LogP contribution is 2.38. The number of amides is 1. The fourth-order valence-electron chi connectivity index (χ4n) is 5.11. The number of ether oxygens (including phenoxy) is 1. The zero-order chi connectivity index (χ0) is 26.0. The summed E-state index contributed by atoms with van der Waals surface area (Å²) < 4.78 is 9.05. The van der Waals surface area contributed by atoms with E-state index in [1.807, 2.05) is 21.6 Å². The second kappa shape index (κ2) is 10.7. The lowest BCUT2D eigenvalue weighted by Crippen LogP contribution is -2.36. The number of imidazole rings is 1. The summed E-state index contributed by atoms with van der Waals surface area (Å²) in [5.41, 5.74) is 3.13. The summed E-state index contributed by atoms with van der Waals surface area (Å²) in [5, 5.41) is 0. The fraction of sp³-hybridized carbons (Fsp3) is 0.556. The third-order valence-corrected chi connectivity index (χ3v) is 6.89. The molecular formula is C27H37N5O4. The highest BCUT2D eigenvalue weighted by molar-refractivity contribution is 5.96. The fourth-order valence-corrected chi connectivity index (χ4v) is 5.11. The van der Waals surface area contributed by atoms with E-state index in [1.54, 1.807) is 11.7 Å². The number of unbranched alkanes of at least 4 members (excludes halogenated alkanes) is 1. The number of hydrogen-bond donors (Lipinski definition) is 1. The number of carbonyl (C=O) groups is 1. The van der Waals surface area contributed by atoms with Crippen molar-refractivity contribution in [3.05, 3.63) is 49.9 Å². The van der Waals surface area contributed by atoms with Gasteiger partial charge in [0.05, 0.1) is 12.8 Å². The van der Waals surface area contributed by atoms with Gasteiger partial charge in [-0.1, -0.05) is 33.3 Å². The predicted molar refractivity (Wildman–Crippen MR) is 141 cm³/mol. The number of anilines is 1. The summed E-state index contributed by atoms with van der Waals surface area (Å²) in [6.07, 6.45) is 4.17. The quantitative estimate of drug-likeness (QED) is 0.489. The summed E-state index contributed by atoms with van der Waals surface area (Å²) in [6, 6.07) is 3.96. The highest BCUT2D eigenvalue weighted by atomic mass is 16.5. The van der Waals surface area contributed by atoms with Gasteiger partial charge in [-0.15, -0.1) is 0 Å². The van der Waals surface area contributed by atoms with E-state index in [9.17, 15) is 14.4 Å². The summed E-state index contributed by atoms with van der Waals surface area (Å²) in [5.74, 6) is 1.62. The van der Waals surface area contributed by atoms with Crippen molar-refractivity contribution in [2.24, 2.45) is 5.92 Å². The van der Waals surface area contributed by atoms with Crippen LogP contribution in [0.5, 0.6) is 5.75 Å². The maximum atomic E-state index is 13.5. The standard InChI is InChI=1S/C27H37N5O4/c1-6-7-14-31-25-24(26(34)29-27(31)35)32(16-17(2)3)21(28-25)12-13-22(33)30-15-8-9-19-18(4)10-11-20(36-5)23(19)30/h10-11,17H,6-9,12-16H2,1-5H3,(H,29,34,35). The molecule has 1 N–H and O–H groups in total. The Hall–Kier alpha value is -3.36. The Morgan fingerprint density at radius 2 is 2.00 bits per heavy atom. The van der Waals surface area contributed by atoms with Crippen molar-refractivity contribution in [1.29, 1.82) is 0 Å². The summed E-state index contributed by atoms with van der Waals surface area (Å²) >= 11 is 0. The molecule has 0 bridgehead atoms. The minimum absolute atomic E-state index is 0.000265. The lowest BCUT2D eigenvalue weighted by molar-refractivity contribution is -0.118. The van der Waals surface area contributed by atoms with E-state index in [-0.39, 0.29) is 18.2 Å². The van der Waals surface area contributed by atoms with E-state index >= 15 is 0 Å². The Bertz CT molecular complexity index is 1380. The number of nitrogens with zero attached hydrogens (tertiary/aromatic N) is 4. The molecule has 0 saturated heterocycles. The first kappa shape index (κ1) is 25.7. The van der Waals surface area contributed by atoms with Crippen molar-refractivity contribution in [2.75, 3.05) is 18.6 Å². The molecule has 0 saturated carbocycles. The summed E-state index contributed by atoms with van der Waals surface area (Å²) in [4.78, 5) is 48.0. The smallest absolute Gasteiger partial charge is 0.330 e. The predicted octanol–water partition coefficient (Wildman–Crippen LogP) is 3.57. The first-order valence-electron chi connectivity index (χ1n) is 13.0. The molecule has 0 radical (unpaired) electrons. The van der Waals surface area contributed by atoms with Gasteiger partial charge in [0, 0.05) is 32.5 Å². The molecular weight excluding hydrogens is 458 g/mol. The third-order valence-electron chi connectivity index (χ3n) is 6.89. The topological polar surface area (TPSA) is 102 Å². The Kier molecular flexibility index (Phi) is 7.66. The van der Waals surface area contributed by atoms with Crippen molar-refractivity contribution < 1.29 is 9.53 Å². The van der Waals surface area contributed by atoms with Crippen LogP contribution in [0.15, 0.2) is 21.7 Å². The summed E-state index contributed by atoms with van der Waals surface area (Å²) in [6.45, 7) is 9.97. The Morgan fingerprint density at radius 3 is 2.69 bits per heavy atom. The number of aromatic amines is 1. The maximum Gasteiger partial charge on any atom is 0.330 e. The van der Waals surface area contributed by atoms with Gasteiger partial charge in [0.1, 0.15) is 11.6 Å². The van der Waals surface area contributed by atoms with E-state index in [0.29, 0.717) is 48.8 Å². The molecule has 1 amide bonds. The van der Waals surface area contributed by atoms with Crippen LogP contribution in [0.4, 0.5) is 5.69 Å². The van der Waals surface area contributed by atoms with E-state index in [2.05, 4.69) is 32.7 Å². The Morgan fingerprint density at radius 1 is 1.22 bits per heavy atom. The highest BCUT2D eigenvalue weighted by Gasteiger charge is 2.28. The number of hydrogen-bond acceptors (Lipinski definition) is 5. The van der Waals surface area contributed by atoms with Crippen molar-refractivity contribution in [3.8, 4) is 5.75 Å². The van der Waals surface area contributed by atoms with Crippen LogP contribution >= 0.6 is 0 Å². The average Bonchev–Trinajstić information content (AvgIpc) is 3.20. The van der Waals surface area contributed by atoms with Crippen molar-refractivity contribution in [3.63, 3.8) is 0 Å². The van der Waals surface area contributed by atoms with E-state index in [4.69, 9.17) is 9.72 Å². The molecule has 0 aliphatic carbocycles. The molecule has 3 heterocycles. The molecule has 4 rings (SSSR count). The van der Waals surface area contributed by atoms with Crippen LogP contribution in [0.3, 0.4) is 0 Å². The second-order valence-corrected chi connectivity index (χ2v) is 10.0. The van der Waals surface area contributed by atoms with Gasteiger partial charge in [0.25, 0.3) is 5.56 Å². The molecule has 194 valence electrons. The molecule has 0 unspecified atom stereocenters. The number of methoxy groups -OCH3 is 1. The number of aryl methyl sites for hydroxylation is 3. The molecule has 1 aliphatic rings. The van der Waals surface area contributed by atoms with Crippen LogP contribution in [-0.2, 0) is 30.7 Å². The lowest BCUT2D eigenvalue weighted by Gasteiger charge is -2.32. The van der Waals surface area contributed by atoms with Gasteiger partial charge in [-0.3, -0.25) is 19.1 Å². The van der Waals surface area contributed by atoms with Crippen molar-refractivity contribution in [2.45, 2.75) is 79.3 Å². The zero-order valence-electron chi connectivity index (χ0n) is 22.0. The van der Waals surface area contributed by atoms with Crippen LogP contribution in [0.2, 0.25) is 0 Å². The molecule has 0 atom stereocenters. The minimum Gasteiger partial charge on any atom is -0.495 e. The number of aromatic nitrogens is 4. The number of carbonyl (C=O) groups excluding carboxylic acids is 1. The Balaban J connectivity index is 1.69. The average molecular weight is 496 g/mol. The Labute approximate surface area is 211 Å². The SMILES string of the molecule is CCCCn1c(=O)[nH]c(=O)c2c1nc(CCC(=O)N1CCCc3c(C)ccc(OC)c31)n2CC(C)C. The molecule has 9 heteroatoms. The van der Waals surface area contributed by atoms with E-state index in [1.165, 1.54) is 0 Å². The van der Waals surface area contributed by atoms with Crippen LogP contribution in [0.25, 0.3) is 11.2 Å².